The third-order valence-electron chi connectivity index (χ3n) is 3.81. The average Bonchev–Trinajstić information content (AvgIpc) is 2.45. The number of β-amino-alcohol motifs (C(OH)–C–C–N with tert-alkyl or cyclic N) is 1. The maximum Gasteiger partial charge on any atom is 0.0900 e. The quantitative estimate of drug-likeness (QED) is 0.908. The van der Waals surface area contributed by atoms with Crippen molar-refractivity contribution in [1.29, 1.82) is 0 Å². The number of nitrogens with zero attached hydrogens (tertiary/aromatic N) is 1. The largest absolute Gasteiger partial charge is 0.389 e. The highest BCUT2D eigenvalue weighted by molar-refractivity contribution is 5.19. The molecular formula is C18H29NO3. The minimum Gasteiger partial charge on any atom is -0.389 e. The molecule has 1 aliphatic heterocycles. The first kappa shape index (κ1) is 17.4. The van der Waals surface area contributed by atoms with Crippen molar-refractivity contribution in [1.82, 2.24) is 4.90 Å². The number of morpholine rings is 1. The third-order valence-corrected chi connectivity index (χ3v) is 3.81. The van der Waals surface area contributed by atoms with Crippen molar-refractivity contribution in [3.63, 3.8) is 0 Å². The monoisotopic (exact) mass is 307 g/mol. The highest BCUT2D eigenvalue weighted by atomic mass is 16.5. The van der Waals surface area contributed by atoms with Crippen LogP contribution in [0.2, 0.25) is 0 Å². The van der Waals surface area contributed by atoms with Crippen LogP contribution in [0, 0.1) is 0 Å². The Balaban J connectivity index is 1.98. The second kappa shape index (κ2) is 7.55. The summed E-state index contributed by atoms with van der Waals surface area (Å²) >= 11 is 0. The Labute approximate surface area is 134 Å². The summed E-state index contributed by atoms with van der Waals surface area (Å²) in [6.45, 7) is 10.5. The molecule has 4 heteroatoms. The van der Waals surface area contributed by atoms with E-state index in [-0.39, 0.29) is 17.7 Å². The number of rotatable bonds is 5. The van der Waals surface area contributed by atoms with Crippen molar-refractivity contribution < 1.29 is 14.6 Å². The fourth-order valence-electron chi connectivity index (χ4n) is 2.72. The number of hydrogen-bond donors (Lipinski definition) is 1. The molecule has 0 aromatic heterocycles. The highest BCUT2D eigenvalue weighted by Crippen LogP contribution is 2.26. The average molecular weight is 307 g/mol. The SMILES string of the molecule is CC1CN(CC(O)COC(C)(C)C)C(c2ccccc2)CO1. The fourth-order valence-corrected chi connectivity index (χ4v) is 2.72. The first-order chi connectivity index (χ1) is 10.3. The predicted molar refractivity (Wildman–Crippen MR) is 87.9 cm³/mol. The minimum atomic E-state index is -0.490. The molecule has 3 atom stereocenters. The maximum atomic E-state index is 10.3. The van der Waals surface area contributed by atoms with E-state index >= 15 is 0 Å². The molecule has 1 aromatic rings. The van der Waals surface area contributed by atoms with Gasteiger partial charge in [-0.25, -0.2) is 0 Å². The molecule has 1 heterocycles. The van der Waals surface area contributed by atoms with Crippen LogP contribution in [0.1, 0.15) is 39.3 Å². The molecule has 0 saturated carbocycles. The first-order valence-electron chi connectivity index (χ1n) is 8.08. The van der Waals surface area contributed by atoms with Crippen molar-refractivity contribution in [2.24, 2.45) is 0 Å². The van der Waals surface area contributed by atoms with E-state index in [4.69, 9.17) is 9.47 Å². The van der Waals surface area contributed by atoms with Gasteiger partial charge >= 0.3 is 0 Å². The van der Waals surface area contributed by atoms with Crippen LogP contribution in [-0.2, 0) is 9.47 Å². The van der Waals surface area contributed by atoms with Gasteiger partial charge in [-0.15, -0.1) is 0 Å². The number of aliphatic hydroxyl groups is 1. The Kier molecular flexibility index (Phi) is 5.98. The number of aliphatic hydroxyl groups excluding tert-OH is 1. The van der Waals surface area contributed by atoms with E-state index in [0.717, 1.165) is 6.54 Å². The highest BCUT2D eigenvalue weighted by Gasteiger charge is 2.29. The smallest absolute Gasteiger partial charge is 0.0900 e. The van der Waals surface area contributed by atoms with Crippen molar-refractivity contribution in [2.75, 3.05) is 26.3 Å². The molecule has 0 aliphatic carbocycles. The molecule has 1 aromatic carbocycles. The lowest BCUT2D eigenvalue weighted by Gasteiger charge is -2.40. The zero-order chi connectivity index (χ0) is 16.2. The Bertz CT molecular complexity index is 443. The summed E-state index contributed by atoms with van der Waals surface area (Å²) in [6, 6.07) is 10.5. The van der Waals surface area contributed by atoms with Gasteiger partial charge in [0.05, 0.1) is 37.1 Å². The summed E-state index contributed by atoms with van der Waals surface area (Å²) in [5.41, 5.74) is 1.01. The van der Waals surface area contributed by atoms with Crippen molar-refractivity contribution in [2.45, 2.75) is 51.5 Å². The van der Waals surface area contributed by atoms with Crippen LogP contribution in [0.3, 0.4) is 0 Å². The Morgan fingerprint density at radius 1 is 1.32 bits per heavy atom. The summed E-state index contributed by atoms with van der Waals surface area (Å²) in [5.74, 6) is 0. The van der Waals surface area contributed by atoms with E-state index in [1.165, 1.54) is 5.56 Å². The van der Waals surface area contributed by atoms with E-state index in [9.17, 15) is 5.11 Å². The normalized spacial score (nSPS) is 25.1. The molecule has 1 aliphatic rings. The van der Waals surface area contributed by atoms with E-state index < -0.39 is 6.10 Å². The van der Waals surface area contributed by atoms with Gasteiger partial charge in [-0.3, -0.25) is 4.90 Å². The zero-order valence-electron chi connectivity index (χ0n) is 14.2. The van der Waals surface area contributed by atoms with E-state index in [1.54, 1.807) is 0 Å². The summed E-state index contributed by atoms with van der Waals surface area (Å²) < 4.78 is 11.5. The fraction of sp³-hybridized carbons (Fsp3) is 0.667. The van der Waals surface area contributed by atoms with Crippen molar-refractivity contribution in [3.05, 3.63) is 35.9 Å². The molecule has 3 unspecified atom stereocenters. The first-order valence-corrected chi connectivity index (χ1v) is 8.08. The van der Waals surface area contributed by atoms with Gasteiger partial charge in [0.15, 0.2) is 0 Å². The van der Waals surface area contributed by atoms with Gasteiger partial charge in [-0.05, 0) is 33.3 Å². The molecule has 1 saturated heterocycles. The van der Waals surface area contributed by atoms with Gasteiger partial charge in [0.25, 0.3) is 0 Å². The van der Waals surface area contributed by atoms with Crippen LogP contribution in [0.25, 0.3) is 0 Å². The molecule has 0 spiro atoms. The Morgan fingerprint density at radius 3 is 2.64 bits per heavy atom. The van der Waals surface area contributed by atoms with Gasteiger partial charge in [0.1, 0.15) is 0 Å². The lowest BCUT2D eigenvalue weighted by atomic mass is 10.0. The van der Waals surface area contributed by atoms with Crippen molar-refractivity contribution >= 4 is 0 Å². The summed E-state index contributed by atoms with van der Waals surface area (Å²) in [5, 5.41) is 10.3. The molecule has 22 heavy (non-hydrogen) atoms. The van der Waals surface area contributed by atoms with Crippen LogP contribution >= 0.6 is 0 Å². The van der Waals surface area contributed by atoms with Gasteiger partial charge in [0.2, 0.25) is 0 Å². The maximum absolute atomic E-state index is 10.3. The molecule has 0 amide bonds. The molecule has 0 radical (unpaired) electrons. The summed E-state index contributed by atoms with van der Waals surface area (Å²) in [7, 11) is 0. The molecule has 0 bridgehead atoms. The Morgan fingerprint density at radius 2 is 2.00 bits per heavy atom. The van der Waals surface area contributed by atoms with Crippen molar-refractivity contribution in [3.8, 4) is 0 Å². The summed E-state index contributed by atoms with van der Waals surface area (Å²) in [6.07, 6.45) is -0.300. The Hall–Kier alpha value is -0.940. The van der Waals surface area contributed by atoms with Crippen LogP contribution in [0.4, 0.5) is 0 Å². The van der Waals surface area contributed by atoms with E-state index in [0.29, 0.717) is 19.8 Å². The van der Waals surface area contributed by atoms with Crippen LogP contribution < -0.4 is 0 Å². The molecular weight excluding hydrogens is 278 g/mol. The van der Waals surface area contributed by atoms with E-state index in [1.807, 2.05) is 39.0 Å². The number of benzene rings is 1. The lowest BCUT2D eigenvalue weighted by molar-refractivity contribution is -0.0910. The van der Waals surface area contributed by atoms with Gasteiger partial charge < -0.3 is 14.6 Å². The van der Waals surface area contributed by atoms with Crippen LogP contribution in [0.15, 0.2) is 30.3 Å². The number of ether oxygens (including phenoxy) is 2. The van der Waals surface area contributed by atoms with Gasteiger partial charge in [-0.2, -0.15) is 0 Å². The molecule has 1 fully saturated rings. The minimum absolute atomic E-state index is 0.190. The second-order valence-electron chi connectivity index (χ2n) is 7.10. The molecule has 124 valence electrons. The summed E-state index contributed by atoms with van der Waals surface area (Å²) in [4.78, 5) is 2.31. The van der Waals surface area contributed by atoms with Crippen LogP contribution in [0.5, 0.6) is 0 Å². The standard InChI is InChI=1S/C18H29NO3/c1-14-10-19(11-16(20)12-22-18(2,3)4)17(13-21-14)15-8-6-5-7-9-15/h5-9,14,16-17,20H,10-13H2,1-4H3. The molecule has 1 N–H and O–H groups in total. The number of hydrogen-bond acceptors (Lipinski definition) is 4. The second-order valence-corrected chi connectivity index (χ2v) is 7.10. The topological polar surface area (TPSA) is 41.9 Å². The van der Waals surface area contributed by atoms with Gasteiger partial charge in [0, 0.05) is 13.1 Å². The van der Waals surface area contributed by atoms with Gasteiger partial charge in [-0.1, -0.05) is 30.3 Å². The lowest BCUT2D eigenvalue weighted by Crippen LogP contribution is -2.47. The predicted octanol–water partition coefficient (Wildman–Crippen LogP) is 2.62. The van der Waals surface area contributed by atoms with E-state index in [2.05, 4.69) is 24.0 Å². The molecule has 4 nitrogen and oxygen atoms in total. The van der Waals surface area contributed by atoms with Crippen LogP contribution in [-0.4, -0.2) is 54.1 Å². The zero-order valence-corrected chi connectivity index (χ0v) is 14.2. The third kappa shape index (κ3) is 5.36. The molecule has 2 rings (SSSR count).